The molecule has 1 amide bonds. The second-order valence-electron chi connectivity index (χ2n) is 7.09. The molecule has 3 heterocycles. The maximum atomic E-state index is 13.4. The van der Waals surface area contributed by atoms with Crippen LogP contribution in [-0.2, 0) is 13.1 Å². The number of hydrogen-bond donors (Lipinski definition) is 3. The van der Waals surface area contributed by atoms with Crippen molar-refractivity contribution in [3.05, 3.63) is 75.2 Å². The smallest absolute Gasteiger partial charge is 0.272 e. The molecule has 4 rings (SSSR count). The molecular weight excluding hydrogens is 417 g/mol. The summed E-state index contributed by atoms with van der Waals surface area (Å²) in [6, 6.07) is 8.44. The van der Waals surface area contributed by atoms with Crippen LogP contribution in [0.4, 0.5) is 10.1 Å². The number of carbonyl (C=O) groups excluding carboxylic acids is 2. The van der Waals surface area contributed by atoms with E-state index >= 15 is 0 Å². The number of H-pyrrole nitrogens is 1. The lowest BCUT2D eigenvalue weighted by Crippen LogP contribution is -2.24. The third-order valence-electron chi connectivity index (χ3n) is 4.82. The first-order valence-electron chi connectivity index (χ1n) is 9.61. The van der Waals surface area contributed by atoms with Gasteiger partial charge in [0.1, 0.15) is 17.7 Å². The number of halogens is 1. The number of thiophene rings is 1. The van der Waals surface area contributed by atoms with E-state index in [2.05, 4.69) is 25.6 Å². The molecule has 0 aliphatic carbocycles. The van der Waals surface area contributed by atoms with Crippen LogP contribution in [0.5, 0.6) is 0 Å². The Bertz CT molecular complexity index is 1280. The average molecular weight is 438 g/mol. The predicted octanol–water partition coefficient (Wildman–Crippen LogP) is 4.21. The lowest BCUT2D eigenvalue weighted by Gasteiger charge is -2.07. The van der Waals surface area contributed by atoms with E-state index in [1.807, 2.05) is 12.1 Å². The van der Waals surface area contributed by atoms with Gasteiger partial charge < -0.3 is 15.6 Å². The maximum absolute atomic E-state index is 13.4. The van der Waals surface area contributed by atoms with Gasteiger partial charge in [-0.15, -0.1) is 11.3 Å². The molecule has 0 bridgehead atoms. The molecule has 31 heavy (non-hydrogen) atoms. The van der Waals surface area contributed by atoms with Gasteiger partial charge in [0.25, 0.3) is 5.91 Å². The van der Waals surface area contributed by atoms with E-state index in [4.69, 9.17) is 0 Å². The lowest BCUT2D eigenvalue weighted by molar-refractivity contribution is 0.0946. The summed E-state index contributed by atoms with van der Waals surface area (Å²) < 4.78 is 13.4. The number of amides is 1. The number of aromatic amines is 1. The molecule has 0 spiro atoms. The number of rotatable bonds is 7. The number of fused-ring (bicyclic) bond motifs is 1. The van der Waals surface area contributed by atoms with E-state index in [0.29, 0.717) is 28.0 Å². The molecule has 0 aliphatic heterocycles. The SMILES string of the molecule is CC(=O)c1ccc(CNc2c[nH]c3c(C(=O)NCc4ccc(F)c(C)c4)ncnc23)s1. The summed E-state index contributed by atoms with van der Waals surface area (Å²) in [5.74, 6) is -0.589. The van der Waals surface area contributed by atoms with Gasteiger partial charge in [0.05, 0.1) is 16.1 Å². The zero-order chi connectivity index (χ0) is 22.0. The van der Waals surface area contributed by atoms with Crippen molar-refractivity contribution in [2.24, 2.45) is 0 Å². The van der Waals surface area contributed by atoms with Crippen LogP contribution in [0.3, 0.4) is 0 Å². The van der Waals surface area contributed by atoms with Crippen molar-refractivity contribution in [3.8, 4) is 0 Å². The highest BCUT2D eigenvalue weighted by molar-refractivity contribution is 7.14. The van der Waals surface area contributed by atoms with Gasteiger partial charge in [0.15, 0.2) is 11.5 Å². The molecule has 0 unspecified atom stereocenters. The molecule has 1 aromatic carbocycles. The van der Waals surface area contributed by atoms with Crippen molar-refractivity contribution in [1.29, 1.82) is 0 Å². The minimum atomic E-state index is -0.355. The van der Waals surface area contributed by atoms with Crippen LogP contribution >= 0.6 is 11.3 Å². The van der Waals surface area contributed by atoms with Gasteiger partial charge in [-0.2, -0.15) is 0 Å². The largest absolute Gasteiger partial charge is 0.377 e. The van der Waals surface area contributed by atoms with Crippen molar-refractivity contribution < 1.29 is 14.0 Å². The topological polar surface area (TPSA) is 99.8 Å². The van der Waals surface area contributed by atoms with Crippen molar-refractivity contribution in [2.45, 2.75) is 26.9 Å². The van der Waals surface area contributed by atoms with Crippen molar-refractivity contribution in [3.63, 3.8) is 0 Å². The molecule has 3 aromatic heterocycles. The second-order valence-corrected chi connectivity index (χ2v) is 8.26. The first-order chi connectivity index (χ1) is 14.9. The zero-order valence-electron chi connectivity index (χ0n) is 17.0. The number of nitrogens with zero attached hydrogens (tertiary/aromatic N) is 2. The molecular formula is C22H20FN5O2S. The van der Waals surface area contributed by atoms with Crippen molar-refractivity contribution in [1.82, 2.24) is 20.3 Å². The van der Waals surface area contributed by atoms with E-state index < -0.39 is 0 Å². The minimum Gasteiger partial charge on any atom is -0.377 e. The van der Waals surface area contributed by atoms with E-state index in [1.165, 1.54) is 23.7 Å². The summed E-state index contributed by atoms with van der Waals surface area (Å²) in [6.07, 6.45) is 3.08. The molecule has 0 saturated carbocycles. The summed E-state index contributed by atoms with van der Waals surface area (Å²) in [4.78, 5) is 37.4. The summed E-state index contributed by atoms with van der Waals surface area (Å²) >= 11 is 1.44. The Balaban J connectivity index is 1.47. The highest BCUT2D eigenvalue weighted by atomic mass is 32.1. The van der Waals surface area contributed by atoms with E-state index in [0.717, 1.165) is 16.1 Å². The Labute approximate surface area is 181 Å². The molecule has 0 atom stereocenters. The number of benzene rings is 1. The van der Waals surface area contributed by atoms with E-state index in [-0.39, 0.29) is 29.7 Å². The molecule has 4 aromatic rings. The molecule has 158 valence electrons. The molecule has 0 aliphatic rings. The highest BCUT2D eigenvalue weighted by Crippen LogP contribution is 2.24. The van der Waals surface area contributed by atoms with Gasteiger partial charge in [0.2, 0.25) is 0 Å². The number of aryl methyl sites for hydroxylation is 1. The summed E-state index contributed by atoms with van der Waals surface area (Å²) in [5.41, 5.74) is 3.41. The van der Waals surface area contributed by atoms with E-state index in [1.54, 1.807) is 32.2 Å². The first kappa shape index (κ1) is 20.7. The van der Waals surface area contributed by atoms with Crippen molar-refractivity contribution in [2.75, 3.05) is 5.32 Å². The van der Waals surface area contributed by atoms with Crippen LogP contribution in [0.15, 0.2) is 42.9 Å². The van der Waals surface area contributed by atoms with Crippen LogP contribution in [0.2, 0.25) is 0 Å². The fourth-order valence-corrected chi connectivity index (χ4v) is 4.02. The Hall–Kier alpha value is -3.59. The monoisotopic (exact) mass is 437 g/mol. The highest BCUT2D eigenvalue weighted by Gasteiger charge is 2.16. The standard InChI is InChI=1S/C22H20FN5O2S/c1-12-7-14(3-5-16(12)23)8-26-22(30)21-20-19(27-11-28-21)17(10-25-20)24-9-15-4-6-18(31-15)13(2)29/h3-7,10-11,24-25H,8-9H2,1-2H3,(H,26,30). The average Bonchev–Trinajstić information content (AvgIpc) is 3.40. The zero-order valence-corrected chi connectivity index (χ0v) is 17.8. The number of ketones is 1. The van der Waals surface area contributed by atoms with Gasteiger partial charge in [-0.05, 0) is 43.2 Å². The van der Waals surface area contributed by atoms with Gasteiger partial charge in [0, 0.05) is 24.2 Å². The Morgan fingerprint density at radius 3 is 2.74 bits per heavy atom. The van der Waals surface area contributed by atoms with Gasteiger partial charge in [-0.25, -0.2) is 14.4 Å². The molecule has 9 heteroatoms. The van der Waals surface area contributed by atoms with Crippen molar-refractivity contribution >= 4 is 39.7 Å². The molecule has 7 nitrogen and oxygen atoms in total. The minimum absolute atomic E-state index is 0.0440. The number of carbonyl (C=O) groups is 2. The summed E-state index contributed by atoms with van der Waals surface area (Å²) in [7, 11) is 0. The molecule has 0 saturated heterocycles. The van der Waals surface area contributed by atoms with Crippen LogP contribution in [0.1, 0.15) is 43.1 Å². The fourth-order valence-electron chi connectivity index (χ4n) is 3.17. The molecule has 0 radical (unpaired) electrons. The van der Waals surface area contributed by atoms with Gasteiger partial charge >= 0.3 is 0 Å². The normalized spacial score (nSPS) is 10.9. The van der Waals surface area contributed by atoms with Gasteiger partial charge in [-0.1, -0.05) is 12.1 Å². The third kappa shape index (κ3) is 4.46. The lowest BCUT2D eigenvalue weighted by atomic mass is 10.1. The molecule has 0 fully saturated rings. The Kier molecular flexibility index (Phi) is 5.77. The second kappa shape index (κ2) is 8.65. The number of nitrogens with one attached hydrogen (secondary N) is 3. The Morgan fingerprint density at radius 1 is 1.16 bits per heavy atom. The number of aromatic nitrogens is 3. The van der Waals surface area contributed by atoms with Gasteiger partial charge in [-0.3, -0.25) is 9.59 Å². The maximum Gasteiger partial charge on any atom is 0.272 e. The number of anilines is 1. The predicted molar refractivity (Wildman–Crippen MR) is 118 cm³/mol. The van der Waals surface area contributed by atoms with Crippen LogP contribution in [-0.4, -0.2) is 26.6 Å². The molecule has 3 N–H and O–H groups in total. The third-order valence-corrected chi connectivity index (χ3v) is 6.00. The summed E-state index contributed by atoms with van der Waals surface area (Å²) in [6.45, 7) is 4.01. The first-order valence-corrected chi connectivity index (χ1v) is 10.4. The number of Topliss-reactive ketones (excluding diaryl/α,β-unsaturated/α-hetero) is 1. The number of hydrogen-bond acceptors (Lipinski definition) is 6. The Morgan fingerprint density at radius 2 is 2.00 bits per heavy atom. The summed E-state index contributed by atoms with van der Waals surface area (Å²) in [5, 5.41) is 6.09. The van der Waals surface area contributed by atoms with Crippen LogP contribution < -0.4 is 10.6 Å². The van der Waals surface area contributed by atoms with Crippen LogP contribution in [0, 0.1) is 12.7 Å². The van der Waals surface area contributed by atoms with E-state index in [9.17, 15) is 14.0 Å². The fraction of sp³-hybridized carbons (Fsp3) is 0.182. The van der Waals surface area contributed by atoms with Crippen LogP contribution in [0.25, 0.3) is 11.0 Å². The quantitative estimate of drug-likeness (QED) is 0.376.